The summed E-state index contributed by atoms with van der Waals surface area (Å²) in [5.74, 6) is 2.43. The van der Waals surface area contributed by atoms with E-state index in [0.717, 1.165) is 11.6 Å². The molecule has 5 heteroatoms. The highest BCUT2D eigenvalue weighted by Gasteiger charge is 2.35. The first-order valence-corrected chi connectivity index (χ1v) is 7.63. The normalized spacial score (nSPS) is 28.4. The van der Waals surface area contributed by atoms with Gasteiger partial charge in [-0.05, 0) is 39.5 Å². The van der Waals surface area contributed by atoms with Crippen molar-refractivity contribution in [3.63, 3.8) is 0 Å². The van der Waals surface area contributed by atoms with Gasteiger partial charge < -0.3 is 15.0 Å². The number of aromatic nitrogens is 2. The molecular weight excluding hydrogens is 252 g/mol. The minimum absolute atomic E-state index is 0.567. The van der Waals surface area contributed by atoms with Crippen molar-refractivity contribution >= 4 is 5.82 Å². The number of anilines is 1. The third-order valence-corrected chi connectivity index (χ3v) is 4.45. The molecule has 2 aliphatic heterocycles. The second-order valence-electron chi connectivity index (χ2n) is 5.92. The van der Waals surface area contributed by atoms with E-state index in [1.165, 1.54) is 25.7 Å². The number of hydrogen-bond donors (Lipinski definition) is 1. The van der Waals surface area contributed by atoms with Gasteiger partial charge in [-0.25, -0.2) is 4.98 Å². The minimum atomic E-state index is 0.567. The van der Waals surface area contributed by atoms with Crippen LogP contribution < -0.4 is 15.0 Å². The third-order valence-electron chi connectivity index (χ3n) is 4.45. The predicted molar refractivity (Wildman–Crippen MR) is 79.3 cm³/mol. The summed E-state index contributed by atoms with van der Waals surface area (Å²) in [6, 6.07) is 3.91. The number of nitrogens with one attached hydrogen (secondary N) is 1. The quantitative estimate of drug-likeness (QED) is 0.910. The monoisotopic (exact) mass is 276 g/mol. The maximum absolute atomic E-state index is 5.53. The summed E-state index contributed by atoms with van der Waals surface area (Å²) in [5.41, 5.74) is 0. The highest BCUT2D eigenvalue weighted by atomic mass is 16.5. The zero-order valence-electron chi connectivity index (χ0n) is 12.6. The van der Waals surface area contributed by atoms with Crippen molar-refractivity contribution in [3.8, 4) is 5.88 Å². The molecule has 2 aliphatic rings. The Kier molecular flexibility index (Phi) is 3.78. The maximum atomic E-state index is 5.53. The van der Waals surface area contributed by atoms with Crippen molar-refractivity contribution < 1.29 is 4.74 Å². The molecule has 0 aromatic carbocycles. The zero-order chi connectivity index (χ0) is 14.1. The van der Waals surface area contributed by atoms with Gasteiger partial charge in [-0.2, -0.15) is 4.98 Å². The molecule has 1 N–H and O–H groups in total. The van der Waals surface area contributed by atoms with Crippen LogP contribution in [0.15, 0.2) is 6.07 Å². The van der Waals surface area contributed by atoms with E-state index in [0.29, 0.717) is 30.6 Å². The fourth-order valence-electron chi connectivity index (χ4n) is 3.46. The predicted octanol–water partition coefficient (Wildman–Crippen LogP) is 1.90. The summed E-state index contributed by atoms with van der Waals surface area (Å²) in [7, 11) is 2.15. The fraction of sp³-hybridized carbons (Fsp3) is 0.733. The molecule has 2 fully saturated rings. The number of nitrogens with zero attached hydrogens (tertiary/aromatic N) is 3. The molecule has 3 heterocycles. The largest absolute Gasteiger partial charge is 0.478 e. The standard InChI is InChI=1S/C15H24N4O/c1-4-20-15-9-14(16-10(2)17-15)19(3)13-7-11-5-6-12(8-13)18-11/h9,11-13,18H,4-8H2,1-3H3. The molecule has 0 radical (unpaired) electrons. The van der Waals surface area contributed by atoms with Crippen molar-refractivity contribution in [2.75, 3.05) is 18.6 Å². The van der Waals surface area contributed by atoms with Crippen molar-refractivity contribution in [1.82, 2.24) is 15.3 Å². The van der Waals surface area contributed by atoms with E-state index < -0.39 is 0 Å². The summed E-state index contributed by atoms with van der Waals surface area (Å²) < 4.78 is 5.53. The molecule has 0 amide bonds. The topological polar surface area (TPSA) is 50.3 Å². The van der Waals surface area contributed by atoms with Gasteiger partial charge in [0.05, 0.1) is 6.61 Å². The molecular formula is C15H24N4O. The van der Waals surface area contributed by atoms with Crippen molar-refractivity contribution in [2.45, 2.75) is 57.7 Å². The van der Waals surface area contributed by atoms with Crippen LogP contribution in [-0.4, -0.2) is 41.7 Å². The lowest BCUT2D eigenvalue weighted by Gasteiger charge is -2.36. The summed E-state index contributed by atoms with van der Waals surface area (Å²) in [5, 5.41) is 3.69. The lowest BCUT2D eigenvalue weighted by molar-refractivity contribution is 0.324. The number of aryl methyl sites for hydroxylation is 1. The van der Waals surface area contributed by atoms with Crippen LogP contribution in [0.5, 0.6) is 5.88 Å². The number of ether oxygens (including phenoxy) is 1. The van der Waals surface area contributed by atoms with Gasteiger partial charge in [-0.3, -0.25) is 0 Å². The SMILES string of the molecule is CCOc1cc(N(C)C2CC3CCC(C2)N3)nc(C)n1. The molecule has 1 aromatic rings. The van der Waals surface area contributed by atoms with E-state index in [4.69, 9.17) is 4.74 Å². The minimum Gasteiger partial charge on any atom is -0.478 e. The molecule has 2 saturated heterocycles. The third kappa shape index (κ3) is 2.73. The first-order chi connectivity index (χ1) is 9.65. The molecule has 3 rings (SSSR count). The molecule has 5 nitrogen and oxygen atoms in total. The van der Waals surface area contributed by atoms with Crippen LogP contribution in [0.3, 0.4) is 0 Å². The molecule has 20 heavy (non-hydrogen) atoms. The van der Waals surface area contributed by atoms with Gasteiger partial charge >= 0.3 is 0 Å². The van der Waals surface area contributed by atoms with E-state index in [-0.39, 0.29) is 0 Å². The summed E-state index contributed by atoms with van der Waals surface area (Å²) in [6.07, 6.45) is 5.06. The highest BCUT2D eigenvalue weighted by molar-refractivity contribution is 5.42. The van der Waals surface area contributed by atoms with Crippen LogP contribution in [0.1, 0.15) is 38.4 Å². The smallest absolute Gasteiger partial charge is 0.218 e. The van der Waals surface area contributed by atoms with Gasteiger partial charge in [0.15, 0.2) is 0 Å². The summed E-state index contributed by atoms with van der Waals surface area (Å²) in [6.45, 7) is 4.54. The molecule has 2 bridgehead atoms. The van der Waals surface area contributed by atoms with Crippen LogP contribution >= 0.6 is 0 Å². The second kappa shape index (κ2) is 5.56. The van der Waals surface area contributed by atoms with Gasteiger partial charge in [-0.1, -0.05) is 0 Å². The summed E-state index contributed by atoms with van der Waals surface area (Å²) in [4.78, 5) is 11.2. The van der Waals surface area contributed by atoms with Crippen molar-refractivity contribution in [3.05, 3.63) is 11.9 Å². The Morgan fingerprint density at radius 2 is 2.00 bits per heavy atom. The Hall–Kier alpha value is -1.36. The Balaban J connectivity index is 1.77. The molecule has 0 aliphatic carbocycles. The van der Waals surface area contributed by atoms with E-state index in [1.807, 2.05) is 19.9 Å². The van der Waals surface area contributed by atoms with Crippen LogP contribution in [0.2, 0.25) is 0 Å². The van der Waals surface area contributed by atoms with Crippen LogP contribution in [0, 0.1) is 6.92 Å². The van der Waals surface area contributed by atoms with Gasteiger partial charge in [0.1, 0.15) is 11.6 Å². The van der Waals surface area contributed by atoms with Crippen LogP contribution in [-0.2, 0) is 0 Å². The zero-order valence-corrected chi connectivity index (χ0v) is 12.6. The number of fused-ring (bicyclic) bond motifs is 2. The summed E-state index contributed by atoms with van der Waals surface area (Å²) >= 11 is 0. The molecule has 1 aromatic heterocycles. The van der Waals surface area contributed by atoms with E-state index >= 15 is 0 Å². The first-order valence-electron chi connectivity index (χ1n) is 7.63. The second-order valence-corrected chi connectivity index (χ2v) is 5.92. The molecule has 2 atom stereocenters. The average Bonchev–Trinajstić information content (AvgIpc) is 2.76. The Bertz CT molecular complexity index is 467. The number of piperidine rings is 1. The number of hydrogen-bond acceptors (Lipinski definition) is 5. The Morgan fingerprint density at radius 1 is 1.30 bits per heavy atom. The Labute approximate surface area is 120 Å². The molecule has 0 saturated carbocycles. The van der Waals surface area contributed by atoms with Crippen molar-refractivity contribution in [2.24, 2.45) is 0 Å². The average molecular weight is 276 g/mol. The first kappa shape index (κ1) is 13.6. The maximum Gasteiger partial charge on any atom is 0.218 e. The molecule has 0 spiro atoms. The van der Waals surface area contributed by atoms with E-state index in [9.17, 15) is 0 Å². The van der Waals surface area contributed by atoms with Crippen LogP contribution in [0.4, 0.5) is 5.82 Å². The molecule has 110 valence electrons. The van der Waals surface area contributed by atoms with Gasteiger partial charge in [0.2, 0.25) is 5.88 Å². The van der Waals surface area contributed by atoms with Gasteiger partial charge in [-0.15, -0.1) is 0 Å². The fourth-order valence-corrected chi connectivity index (χ4v) is 3.46. The van der Waals surface area contributed by atoms with Gasteiger partial charge in [0.25, 0.3) is 0 Å². The lowest BCUT2D eigenvalue weighted by atomic mass is 9.98. The lowest BCUT2D eigenvalue weighted by Crippen LogP contribution is -2.47. The van der Waals surface area contributed by atoms with Crippen molar-refractivity contribution in [1.29, 1.82) is 0 Å². The molecule has 2 unspecified atom stereocenters. The van der Waals surface area contributed by atoms with Gasteiger partial charge in [0, 0.05) is 31.2 Å². The number of rotatable bonds is 4. The van der Waals surface area contributed by atoms with E-state index in [1.54, 1.807) is 0 Å². The highest BCUT2D eigenvalue weighted by Crippen LogP contribution is 2.31. The van der Waals surface area contributed by atoms with E-state index in [2.05, 4.69) is 27.2 Å². The van der Waals surface area contributed by atoms with Crippen LogP contribution in [0.25, 0.3) is 0 Å². The Morgan fingerprint density at radius 3 is 2.65 bits per heavy atom.